The summed E-state index contributed by atoms with van der Waals surface area (Å²) in [6, 6.07) is 69.9. The molecular formula is C69H50BN5. The van der Waals surface area contributed by atoms with Crippen LogP contribution in [0, 0.1) is 0 Å². The lowest BCUT2D eigenvalue weighted by molar-refractivity contribution is 0.590. The van der Waals surface area contributed by atoms with Crippen LogP contribution in [-0.2, 0) is 10.8 Å². The second-order valence-corrected chi connectivity index (χ2v) is 23.2. The van der Waals surface area contributed by atoms with Crippen LogP contribution in [0.3, 0.4) is 0 Å². The Morgan fingerprint density at radius 2 is 0.733 bits per heavy atom. The second kappa shape index (κ2) is 14.9. The lowest BCUT2D eigenvalue weighted by Crippen LogP contribution is -2.61. The maximum atomic E-state index is 4.88. The monoisotopic (exact) mass is 959 g/mol. The molecule has 0 bridgehead atoms. The molecule has 0 unspecified atom stereocenters. The van der Waals surface area contributed by atoms with Crippen LogP contribution in [0.15, 0.2) is 195 Å². The van der Waals surface area contributed by atoms with Crippen molar-refractivity contribution in [2.24, 2.45) is 0 Å². The third-order valence-corrected chi connectivity index (χ3v) is 17.0. The van der Waals surface area contributed by atoms with Crippen molar-refractivity contribution in [2.45, 2.75) is 52.4 Å². The zero-order chi connectivity index (χ0) is 50.2. The Hall–Kier alpha value is -8.87. The molecule has 0 fully saturated rings. The number of nitrogens with zero attached hydrogens (tertiary/aromatic N) is 5. The summed E-state index contributed by atoms with van der Waals surface area (Å²) in [5, 5.41) is 20.4. The summed E-state index contributed by atoms with van der Waals surface area (Å²) in [7, 11) is 0. The van der Waals surface area contributed by atoms with Gasteiger partial charge in [0.2, 0.25) is 0 Å². The molecule has 2 aliphatic heterocycles. The van der Waals surface area contributed by atoms with Crippen LogP contribution >= 0.6 is 0 Å². The quantitative estimate of drug-likeness (QED) is 0.100. The van der Waals surface area contributed by atoms with Crippen molar-refractivity contribution in [3.05, 3.63) is 206 Å². The molecule has 13 aromatic carbocycles. The zero-order valence-electron chi connectivity index (χ0n) is 42.8. The minimum Gasteiger partial charge on any atom is -0.311 e. The van der Waals surface area contributed by atoms with Gasteiger partial charge in [0.25, 0.3) is 6.71 Å². The Morgan fingerprint density at radius 3 is 1.13 bits per heavy atom. The lowest BCUT2D eigenvalue weighted by atomic mass is 9.33. The molecule has 0 N–H and O–H groups in total. The molecule has 0 saturated carbocycles. The Labute approximate surface area is 435 Å². The predicted molar refractivity (Wildman–Crippen MR) is 319 cm³/mol. The van der Waals surface area contributed by atoms with Crippen molar-refractivity contribution < 1.29 is 0 Å². The summed E-state index contributed by atoms with van der Waals surface area (Å²) in [5.74, 6) is 0.631. The first-order valence-corrected chi connectivity index (χ1v) is 26.4. The molecule has 2 aliphatic rings. The average molecular weight is 960 g/mol. The zero-order valence-corrected chi connectivity index (χ0v) is 42.8. The van der Waals surface area contributed by atoms with Crippen molar-refractivity contribution in [3.63, 3.8) is 0 Å². The molecule has 75 heavy (non-hydrogen) atoms. The van der Waals surface area contributed by atoms with Crippen LogP contribution in [-0.4, -0.2) is 21.7 Å². The van der Waals surface area contributed by atoms with Crippen LogP contribution in [0.5, 0.6) is 0 Å². The van der Waals surface area contributed by atoms with Gasteiger partial charge in [-0.3, -0.25) is 0 Å². The van der Waals surface area contributed by atoms with Gasteiger partial charge >= 0.3 is 0 Å². The van der Waals surface area contributed by atoms with E-state index in [0.29, 0.717) is 5.82 Å². The van der Waals surface area contributed by atoms with Gasteiger partial charge in [-0.15, -0.1) is 0 Å². The van der Waals surface area contributed by atoms with E-state index in [4.69, 9.17) is 9.97 Å². The molecule has 3 heterocycles. The second-order valence-electron chi connectivity index (χ2n) is 23.2. The molecule has 5 nitrogen and oxygen atoms in total. The maximum Gasteiger partial charge on any atom is 0.252 e. The largest absolute Gasteiger partial charge is 0.311 e. The van der Waals surface area contributed by atoms with Gasteiger partial charge in [-0.05, 0) is 150 Å². The Kier molecular flexibility index (Phi) is 8.46. The third-order valence-electron chi connectivity index (χ3n) is 17.0. The third kappa shape index (κ3) is 5.82. The maximum absolute atomic E-state index is 4.88. The van der Waals surface area contributed by atoms with Gasteiger partial charge in [-0.25, -0.2) is 15.0 Å². The van der Waals surface area contributed by atoms with Gasteiger partial charge in [0.05, 0.1) is 0 Å². The van der Waals surface area contributed by atoms with Crippen LogP contribution in [0.2, 0.25) is 0 Å². The van der Waals surface area contributed by atoms with Crippen molar-refractivity contribution in [2.75, 3.05) is 9.80 Å². The van der Waals surface area contributed by atoms with Crippen LogP contribution < -0.4 is 26.2 Å². The molecule has 0 radical (unpaired) electrons. The SMILES string of the molecule is CC(C)(C)c1ccc(N2c3cc(-c4ncncn4)cc4c3B(c3cc5c6cccc7cccc(c8cccc(c32)c85)c76)c2cc3c5cccc6cccc(c7cccc(c2N4c2ccc(C(C)(C)C)cc2)c73)c65)cc1. The highest BCUT2D eigenvalue weighted by Crippen LogP contribution is 2.53. The number of benzene rings is 13. The van der Waals surface area contributed by atoms with Crippen molar-refractivity contribution in [3.8, 4) is 11.4 Å². The number of rotatable bonds is 3. The highest BCUT2D eigenvalue weighted by atomic mass is 15.2. The molecule has 354 valence electrons. The fourth-order valence-electron chi connectivity index (χ4n) is 13.7. The van der Waals surface area contributed by atoms with Crippen LogP contribution in [0.4, 0.5) is 34.1 Å². The molecule has 14 aromatic rings. The van der Waals surface area contributed by atoms with E-state index in [9.17, 15) is 0 Å². The molecule has 0 saturated heterocycles. The fraction of sp³-hybridized carbons (Fsp3) is 0.116. The predicted octanol–water partition coefficient (Wildman–Crippen LogP) is 16.3. The number of hydrogen-bond donors (Lipinski definition) is 0. The number of fused-ring (bicyclic) bond motifs is 10. The first-order chi connectivity index (χ1) is 36.5. The van der Waals surface area contributed by atoms with Crippen molar-refractivity contribution in [1.29, 1.82) is 0 Å². The van der Waals surface area contributed by atoms with Gasteiger partial charge in [0.15, 0.2) is 5.82 Å². The lowest BCUT2D eigenvalue weighted by Gasteiger charge is -2.45. The normalized spacial score (nSPS) is 13.7. The Morgan fingerprint density at radius 1 is 0.373 bits per heavy atom. The van der Waals surface area contributed by atoms with Gasteiger partial charge < -0.3 is 9.80 Å². The van der Waals surface area contributed by atoms with Gasteiger partial charge in [0.1, 0.15) is 12.7 Å². The topological polar surface area (TPSA) is 45.2 Å². The summed E-state index contributed by atoms with van der Waals surface area (Å²) in [6.07, 6.45) is 3.24. The van der Waals surface area contributed by atoms with E-state index >= 15 is 0 Å². The fourth-order valence-corrected chi connectivity index (χ4v) is 13.7. The van der Waals surface area contributed by atoms with Gasteiger partial charge in [-0.2, -0.15) is 0 Å². The smallest absolute Gasteiger partial charge is 0.252 e. The van der Waals surface area contributed by atoms with E-state index < -0.39 is 0 Å². The minimum absolute atomic E-state index is 0.0242. The molecule has 6 heteroatoms. The highest BCUT2D eigenvalue weighted by molar-refractivity contribution is 7.01. The molecule has 0 spiro atoms. The first kappa shape index (κ1) is 42.6. The molecule has 0 atom stereocenters. The van der Waals surface area contributed by atoms with E-state index in [2.05, 4.69) is 238 Å². The standard InChI is InChI=1S/C69H50BN5/c1-68(2,3)42-25-29-44(30-26-42)74-58-33-41(67-72-37-71-38-73-67)34-59-64(58)70(56-35-54-50-19-9-15-39-13-7-17-46(60(39)50)48-21-11-23-52(62(48)54)65(56)74)57-36-55-51-20-10-16-40-14-8-18-47(61(40)51)49-22-12-24-53(63(49)55)66(57)75(59)45-31-27-43(28-32-45)69(4,5)6/h7-38H,1-6H3. The van der Waals surface area contributed by atoms with E-state index in [-0.39, 0.29) is 17.5 Å². The molecule has 0 aliphatic carbocycles. The Balaban J connectivity index is 1.13. The van der Waals surface area contributed by atoms with E-state index in [0.717, 1.165) is 28.3 Å². The van der Waals surface area contributed by atoms with E-state index in [1.807, 2.05) is 0 Å². The Bertz CT molecular complexity index is 4440. The highest BCUT2D eigenvalue weighted by Gasteiger charge is 2.46. The van der Waals surface area contributed by atoms with E-state index in [1.54, 1.807) is 12.7 Å². The summed E-state index contributed by atoms with van der Waals surface area (Å²) in [4.78, 5) is 19.2. The summed E-state index contributed by atoms with van der Waals surface area (Å²) < 4.78 is 0. The summed E-state index contributed by atoms with van der Waals surface area (Å²) >= 11 is 0. The van der Waals surface area contributed by atoms with Crippen LogP contribution in [0.1, 0.15) is 52.7 Å². The average Bonchev–Trinajstić information content (AvgIpc) is 3.46. The van der Waals surface area contributed by atoms with Crippen molar-refractivity contribution in [1.82, 2.24) is 15.0 Å². The van der Waals surface area contributed by atoms with Gasteiger partial charge in [0, 0.05) is 50.5 Å². The molecule has 1 aromatic heterocycles. The molecule has 0 amide bonds. The molecular weight excluding hydrogens is 910 g/mol. The summed E-state index contributed by atoms with van der Waals surface area (Å²) in [5.41, 5.74) is 14.1. The number of aromatic nitrogens is 3. The first-order valence-electron chi connectivity index (χ1n) is 26.4. The number of hydrogen-bond acceptors (Lipinski definition) is 5. The van der Waals surface area contributed by atoms with Crippen molar-refractivity contribution >= 4 is 143 Å². The minimum atomic E-state index is -0.177. The summed E-state index contributed by atoms with van der Waals surface area (Å²) in [6.45, 7) is 13.6. The number of anilines is 6. The van der Waals surface area contributed by atoms with Gasteiger partial charge in [-0.1, -0.05) is 187 Å². The van der Waals surface area contributed by atoms with E-state index in [1.165, 1.54) is 125 Å². The van der Waals surface area contributed by atoms with Crippen LogP contribution in [0.25, 0.3) is 97.6 Å². The molecule has 16 rings (SSSR count).